The highest BCUT2D eigenvalue weighted by molar-refractivity contribution is 6.30. The molecule has 204 valence electrons. The van der Waals surface area contributed by atoms with Crippen molar-refractivity contribution in [2.75, 3.05) is 37.6 Å². The molecule has 1 aliphatic heterocycles. The van der Waals surface area contributed by atoms with E-state index in [1.807, 2.05) is 24.3 Å². The van der Waals surface area contributed by atoms with Crippen LogP contribution in [0.1, 0.15) is 61.6 Å². The first-order valence-corrected chi connectivity index (χ1v) is 15.1. The molecule has 4 nitrogen and oxygen atoms in total. The number of piperazine rings is 1. The minimum Gasteiger partial charge on any atom is -0.494 e. The maximum absolute atomic E-state index is 11.1. The lowest BCUT2D eigenvalue weighted by molar-refractivity contribution is 0.251. The summed E-state index contributed by atoms with van der Waals surface area (Å²) < 4.78 is 2.13. The molecule has 0 amide bonds. The highest BCUT2D eigenvalue weighted by atomic mass is 35.5. The number of anilines is 1. The molecule has 1 aliphatic carbocycles. The fourth-order valence-electron chi connectivity index (χ4n) is 6.49. The minimum absolute atomic E-state index is 0.302. The molecule has 2 fully saturated rings. The normalized spacial score (nSPS) is 17.4. The van der Waals surface area contributed by atoms with Gasteiger partial charge in [-0.3, -0.25) is 4.90 Å². The van der Waals surface area contributed by atoms with Gasteiger partial charge in [0.1, 0.15) is 0 Å². The van der Waals surface area contributed by atoms with E-state index in [0.717, 1.165) is 60.0 Å². The van der Waals surface area contributed by atoms with E-state index >= 15 is 0 Å². The summed E-state index contributed by atoms with van der Waals surface area (Å²) in [5.74, 6) is 0.740. The Morgan fingerprint density at radius 1 is 0.769 bits per heavy atom. The Labute approximate surface area is 241 Å². The van der Waals surface area contributed by atoms with E-state index in [9.17, 15) is 5.11 Å². The molecule has 6 heteroatoms. The Morgan fingerprint density at radius 3 is 2.00 bits per heavy atom. The van der Waals surface area contributed by atoms with Crippen LogP contribution in [0.4, 0.5) is 5.69 Å². The van der Waals surface area contributed by atoms with Gasteiger partial charge in [0.05, 0.1) is 0 Å². The molecule has 0 spiro atoms. The van der Waals surface area contributed by atoms with Gasteiger partial charge in [-0.25, -0.2) is 0 Å². The Bertz CT molecular complexity index is 1340. The van der Waals surface area contributed by atoms with E-state index in [2.05, 4.69) is 63.0 Å². The summed E-state index contributed by atoms with van der Waals surface area (Å²) in [5, 5.41) is 14.7. The molecular formula is C33H37Cl2N3O. The smallest absolute Gasteiger partial charge is 0.199 e. The predicted octanol–water partition coefficient (Wildman–Crippen LogP) is 8.50. The molecule has 0 bridgehead atoms. The summed E-state index contributed by atoms with van der Waals surface area (Å²) in [7, 11) is 0. The molecule has 0 unspecified atom stereocenters. The Hall–Kier alpha value is -2.66. The van der Waals surface area contributed by atoms with E-state index in [4.69, 9.17) is 23.2 Å². The molecule has 1 saturated carbocycles. The third-order valence-electron chi connectivity index (χ3n) is 8.78. The van der Waals surface area contributed by atoms with Crippen molar-refractivity contribution < 1.29 is 5.11 Å². The third kappa shape index (κ3) is 5.94. The number of fused-ring (bicyclic) bond motifs is 1. The van der Waals surface area contributed by atoms with Gasteiger partial charge in [-0.2, -0.15) is 0 Å². The van der Waals surface area contributed by atoms with Crippen molar-refractivity contribution in [3.05, 3.63) is 94.1 Å². The zero-order chi connectivity index (χ0) is 26.8. The first kappa shape index (κ1) is 26.6. The largest absolute Gasteiger partial charge is 0.494 e. The molecular weight excluding hydrogens is 525 g/mol. The van der Waals surface area contributed by atoms with Crippen molar-refractivity contribution in [2.45, 2.75) is 50.5 Å². The van der Waals surface area contributed by atoms with Crippen LogP contribution in [-0.4, -0.2) is 47.3 Å². The molecule has 0 radical (unpaired) electrons. The first-order chi connectivity index (χ1) is 19.0. The van der Waals surface area contributed by atoms with E-state index < -0.39 is 0 Å². The molecule has 4 aromatic rings. The van der Waals surface area contributed by atoms with Crippen LogP contribution in [-0.2, 0) is 0 Å². The third-order valence-corrected chi connectivity index (χ3v) is 9.29. The fourth-order valence-corrected chi connectivity index (χ4v) is 6.74. The van der Waals surface area contributed by atoms with E-state index in [0.29, 0.717) is 17.8 Å². The number of hydrogen-bond donors (Lipinski definition) is 1. The molecule has 39 heavy (non-hydrogen) atoms. The lowest BCUT2D eigenvalue weighted by atomic mass is 9.88. The molecule has 1 saturated heterocycles. The first-order valence-electron chi connectivity index (χ1n) is 14.4. The number of aromatic hydroxyl groups is 1. The van der Waals surface area contributed by atoms with Gasteiger partial charge in [0.2, 0.25) is 0 Å². The Kier molecular flexibility index (Phi) is 8.06. The number of hydrogen-bond acceptors (Lipinski definition) is 3. The Balaban J connectivity index is 1.10. The number of halogens is 2. The maximum Gasteiger partial charge on any atom is 0.199 e. The van der Waals surface area contributed by atoms with Gasteiger partial charge in [-0.15, -0.1) is 0 Å². The summed E-state index contributed by atoms with van der Waals surface area (Å²) >= 11 is 12.4. The second-order valence-corrected chi connectivity index (χ2v) is 12.1. The fraction of sp³-hybridized carbons (Fsp3) is 0.394. The molecule has 3 aromatic carbocycles. The lowest BCUT2D eigenvalue weighted by Gasteiger charge is -2.36. The van der Waals surface area contributed by atoms with Crippen LogP contribution in [0.25, 0.3) is 10.8 Å². The van der Waals surface area contributed by atoms with E-state index in [1.54, 1.807) is 0 Å². The number of rotatable bonds is 7. The monoisotopic (exact) mass is 561 g/mol. The summed E-state index contributed by atoms with van der Waals surface area (Å²) in [6, 6.07) is 23.5. The van der Waals surface area contributed by atoms with Crippen LogP contribution in [0.5, 0.6) is 5.88 Å². The highest BCUT2D eigenvalue weighted by Crippen LogP contribution is 2.38. The van der Waals surface area contributed by atoms with Crippen molar-refractivity contribution in [1.29, 1.82) is 0 Å². The summed E-state index contributed by atoms with van der Waals surface area (Å²) in [6.45, 7) is 5.07. The van der Waals surface area contributed by atoms with Crippen LogP contribution in [0, 0.1) is 0 Å². The number of nitrogens with zero attached hydrogens (tertiary/aromatic N) is 3. The predicted molar refractivity (Wildman–Crippen MR) is 164 cm³/mol. The average Bonchev–Trinajstić information content (AvgIpc) is 3.31. The van der Waals surface area contributed by atoms with Crippen molar-refractivity contribution in [2.24, 2.45) is 0 Å². The molecule has 0 atom stereocenters. The van der Waals surface area contributed by atoms with Gasteiger partial charge in [-0.05, 0) is 73.3 Å². The van der Waals surface area contributed by atoms with Crippen molar-refractivity contribution in [1.82, 2.24) is 9.47 Å². The van der Waals surface area contributed by atoms with Crippen LogP contribution in [0.3, 0.4) is 0 Å². The van der Waals surface area contributed by atoms with Crippen LogP contribution < -0.4 is 4.90 Å². The molecule has 2 aliphatic rings. The maximum atomic E-state index is 11.1. The van der Waals surface area contributed by atoms with Gasteiger partial charge >= 0.3 is 0 Å². The average molecular weight is 563 g/mol. The van der Waals surface area contributed by atoms with Crippen LogP contribution in [0.15, 0.2) is 72.9 Å². The zero-order valence-corrected chi connectivity index (χ0v) is 23.9. The molecule has 1 N–H and O–H groups in total. The van der Waals surface area contributed by atoms with Crippen molar-refractivity contribution >= 4 is 39.7 Å². The highest BCUT2D eigenvalue weighted by Gasteiger charge is 2.23. The van der Waals surface area contributed by atoms with Crippen molar-refractivity contribution in [3.8, 4) is 5.88 Å². The number of aromatic nitrogens is 1. The second-order valence-electron chi connectivity index (χ2n) is 11.2. The van der Waals surface area contributed by atoms with Gasteiger partial charge < -0.3 is 14.6 Å². The molecule has 1 aromatic heterocycles. The SMILES string of the molecule is Oc1c2cc(N3CCN(CCC(c4ccc(Cl)cc4)c4ccc(Cl)cc4)CC3)ccc2cn1C1CCCCC1. The van der Waals surface area contributed by atoms with Gasteiger partial charge in [0.25, 0.3) is 0 Å². The van der Waals surface area contributed by atoms with Crippen LogP contribution in [0.2, 0.25) is 10.0 Å². The van der Waals surface area contributed by atoms with Crippen LogP contribution >= 0.6 is 23.2 Å². The van der Waals surface area contributed by atoms with Gasteiger partial charge in [0, 0.05) is 70.8 Å². The van der Waals surface area contributed by atoms with Crippen molar-refractivity contribution in [3.63, 3.8) is 0 Å². The zero-order valence-electron chi connectivity index (χ0n) is 22.4. The summed E-state index contributed by atoms with van der Waals surface area (Å²) in [5.41, 5.74) is 3.78. The lowest BCUT2D eigenvalue weighted by Crippen LogP contribution is -2.46. The second kappa shape index (κ2) is 11.8. The quantitative estimate of drug-likeness (QED) is 0.245. The topological polar surface area (TPSA) is 31.6 Å². The standard InChI is InChI=1S/C33H37Cl2N3O/c34-27-11-6-24(7-12-27)31(25-8-13-28(35)14-9-25)16-17-36-18-20-37(21-19-36)30-15-10-26-23-38(33(39)32(26)22-30)29-4-2-1-3-5-29/h6-15,22-23,29,31,39H,1-5,16-21H2. The summed E-state index contributed by atoms with van der Waals surface area (Å²) in [4.78, 5) is 5.04. The summed E-state index contributed by atoms with van der Waals surface area (Å²) in [6.07, 6.45) is 9.36. The minimum atomic E-state index is 0.302. The Morgan fingerprint density at radius 2 is 1.38 bits per heavy atom. The molecule has 6 rings (SSSR count). The van der Waals surface area contributed by atoms with E-state index in [-0.39, 0.29) is 0 Å². The van der Waals surface area contributed by atoms with Gasteiger partial charge in [0.15, 0.2) is 5.88 Å². The molecule has 2 heterocycles. The number of benzene rings is 3. The van der Waals surface area contributed by atoms with E-state index in [1.165, 1.54) is 48.9 Å². The van der Waals surface area contributed by atoms with Gasteiger partial charge in [-0.1, -0.05) is 72.8 Å².